The van der Waals surface area contributed by atoms with Crippen molar-refractivity contribution >= 4 is 27.3 Å². The minimum absolute atomic E-state index is 0.366. The van der Waals surface area contributed by atoms with E-state index in [1.165, 1.54) is 6.26 Å². The molecule has 1 aliphatic heterocycles. The van der Waals surface area contributed by atoms with E-state index in [0.29, 0.717) is 4.90 Å². The minimum Gasteiger partial charge on any atom is -0.337 e. The van der Waals surface area contributed by atoms with Gasteiger partial charge in [0, 0.05) is 18.1 Å². The molecule has 0 radical (unpaired) electrons. The number of hydrogen-bond acceptors (Lipinski definition) is 4. The van der Waals surface area contributed by atoms with E-state index in [1.54, 1.807) is 30.0 Å². The van der Waals surface area contributed by atoms with Gasteiger partial charge in [0.2, 0.25) is 0 Å². The van der Waals surface area contributed by atoms with Gasteiger partial charge in [0.1, 0.15) is 0 Å². The normalized spacial score (nSPS) is 15.9. The van der Waals surface area contributed by atoms with Crippen LogP contribution >= 0.6 is 11.8 Å². The highest BCUT2D eigenvalue weighted by Crippen LogP contribution is 2.25. The smallest absolute Gasteiger partial charge is 0.175 e. The second-order valence-corrected chi connectivity index (χ2v) is 6.20. The van der Waals surface area contributed by atoms with Crippen LogP contribution in [0, 0.1) is 0 Å². The second kappa shape index (κ2) is 3.90. The van der Waals surface area contributed by atoms with Crippen molar-refractivity contribution in [3.63, 3.8) is 0 Å². The van der Waals surface area contributed by atoms with Gasteiger partial charge >= 0.3 is 0 Å². The first-order valence-electron chi connectivity index (χ1n) is 4.42. The molecule has 15 heavy (non-hydrogen) atoms. The van der Waals surface area contributed by atoms with E-state index in [1.807, 2.05) is 22.6 Å². The van der Waals surface area contributed by atoms with E-state index >= 15 is 0 Å². The van der Waals surface area contributed by atoms with Crippen LogP contribution in [0.1, 0.15) is 0 Å². The summed E-state index contributed by atoms with van der Waals surface area (Å²) in [5, 5.41) is 1.99. The number of rotatable bonds is 2. The summed E-state index contributed by atoms with van der Waals surface area (Å²) in [7, 11) is -3.11. The standard InChI is InChI=1S/C10H11NO2S2/c1-15(12,13)10-4-2-3-9(7-10)11-5-6-14-8-11/h2-7H,8H2,1H3. The summed E-state index contributed by atoms with van der Waals surface area (Å²) in [5.41, 5.74) is 0.916. The third-order valence-electron chi connectivity index (χ3n) is 2.13. The molecule has 1 aliphatic rings. The first-order chi connectivity index (χ1) is 7.07. The summed E-state index contributed by atoms with van der Waals surface area (Å²) >= 11 is 1.69. The highest BCUT2D eigenvalue weighted by molar-refractivity contribution is 8.02. The van der Waals surface area contributed by atoms with Gasteiger partial charge in [0.25, 0.3) is 0 Å². The molecule has 0 unspecified atom stereocenters. The minimum atomic E-state index is -3.11. The Kier molecular flexibility index (Phi) is 2.75. The second-order valence-electron chi connectivity index (χ2n) is 3.32. The fraction of sp³-hybridized carbons (Fsp3) is 0.200. The molecule has 2 rings (SSSR count). The van der Waals surface area contributed by atoms with E-state index in [4.69, 9.17) is 0 Å². The maximum atomic E-state index is 11.4. The SMILES string of the molecule is CS(=O)(=O)c1cccc(N2C=CSC2)c1. The van der Waals surface area contributed by atoms with Gasteiger partial charge < -0.3 is 4.90 Å². The zero-order chi connectivity index (χ0) is 10.9. The van der Waals surface area contributed by atoms with Gasteiger partial charge in [-0.25, -0.2) is 8.42 Å². The van der Waals surface area contributed by atoms with Crippen molar-refractivity contribution < 1.29 is 8.42 Å². The number of nitrogens with zero attached hydrogens (tertiary/aromatic N) is 1. The first kappa shape index (κ1) is 10.6. The molecule has 0 aromatic heterocycles. The number of benzene rings is 1. The molecular formula is C10H11NO2S2. The van der Waals surface area contributed by atoms with Crippen LogP contribution in [0.15, 0.2) is 40.8 Å². The first-order valence-corrected chi connectivity index (χ1v) is 7.36. The summed E-state index contributed by atoms with van der Waals surface area (Å²) in [4.78, 5) is 2.38. The Balaban J connectivity index is 2.38. The van der Waals surface area contributed by atoms with Crippen molar-refractivity contribution in [3.8, 4) is 0 Å². The summed E-state index contributed by atoms with van der Waals surface area (Å²) in [6, 6.07) is 6.99. The zero-order valence-corrected chi connectivity index (χ0v) is 9.88. The molecule has 1 aromatic carbocycles. The van der Waals surface area contributed by atoms with Crippen LogP contribution in [0.5, 0.6) is 0 Å². The highest BCUT2D eigenvalue weighted by atomic mass is 32.2. The monoisotopic (exact) mass is 241 g/mol. The highest BCUT2D eigenvalue weighted by Gasteiger charge is 2.11. The fourth-order valence-electron chi connectivity index (χ4n) is 1.34. The summed E-state index contributed by atoms with van der Waals surface area (Å²) in [6.45, 7) is 0. The van der Waals surface area contributed by atoms with E-state index in [2.05, 4.69) is 0 Å². The molecule has 0 amide bonds. The lowest BCUT2D eigenvalue weighted by Crippen LogP contribution is -2.11. The topological polar surface area (TPSA) is 37.4 Å². The Hall–Kier alpha value is -0.940. The van der Waals surface area contributed by atoms with Gasteiger partial charge in [0.05, 0.1) is 10.8 Å². The van der Waals surface area contributed by atoms with Gasteiger partial charge in [-0.15, -0.1) is 11.8 Å². The summed E-state index contributed by atoms with van der Waals surface area (Å²) in [6.07, 6.45) is 3.17. The van der Waals surface area contributed by atoms with E-state index < -0.39 is 9.84 Å². The summed E-state index contributed by atoms with van der Waals surface area (Å²) in [5.74, 6) is 0.840. The molecule has 0 fully saturated rings. The molecular weight excluding hydrogens is 230 g/mol. The predicted octanol–water partition coefficient (Wildman–Crippen LogP) is 2.07. The van der Waals surface area contributed by atoms with Crippen LogP contribution in [0.2, 0.25) is 0 Å². The number of thioether (sulfide) groups is 1. The van der Waals surface area contributed by atoms with Crippen LogP contribution in [0.25, 0.3) is 0 Å². The largest absolute Gasteiger partial charge is 0.337 e. The predicted molar refractivity (Wildman–Crippen MR) is 63.6 cm³/mol. The lowest BCUT2D eigenvalue weighted by molar-refractivity contribution is 0.602. The van der Waals surface area contributed by atoms with E-state index in [0.717, 1.165) is 11.6 Å². The van der Waals surface area contributed by atoms with Crippen molar-refractivity contribution in [1.82, 2.24) is 0 Å². The van der Waals surface area contributed by atoms with Crippen molar-refractivity contribution in [1.29, 1.82) is 0 Å². The van der Waals surface area contributed by atoms with Gasteiger partial charge in [0.15, 0.2) is 9.84 Å². The molecule has 0 aliphatic carbocycles. The van der Waals surface area contributed by atoms with Gasteiger partial charge in [-0.2, -0.15) is 0 Å². The van der Waals surface area contributed by atoms with Crippen molar-refractivity contribution in [2.75, 3.05) is 17.0 Å². The van der Waals surface area contributed by atoms with Crippen molar-refractivity contribution in [3.05, 3.63) is 35.9 Å². The Morgan fingerprint density at radius 2 is 2.20 bits per heavy atom. The molecule has 0 saturated heterocycles. The Bertz CT molecular complexity index is 494. The van der Waals surface area contributed by atoms with Crippen molar-refractivity contribution in [2.24, 2.45) is 0 Å². The van der Waals surface area contributed by atoms with Crippen LogP contribution in [0.4, 0.5) is 5.69 Å². The number of sulfone groups is 1. The van der Waals surface area contributed by atoms with Crippen LogP contribution in [-0.2, 0) is 9.84 Å². The molecule has 5 heteroatoms. The van der Waals surface area contributed by atoms with Gasteiger partial charge in [-0.3, -0.25) is 0 Å². The van der Waals surface area contributed by atoms with Crippen molar-refractivity contribution in [2.45, 2.75) is 4.90 Å². The summed E-state index contributed by atoms with van der Waals surface area (Å²) < 4.78 is 22.7. The van der Waals surface area contributed by atoms with Crippen LogP contribution in [-0.4, -0.2) is 20.6 Å². The molecule has 3 nitrogen and oxygen atoms in total. The van der Waals surface area contributed by atoms with Gasteiger partial charge in [-0.05, 0) is 23.6 Å². The Morgan fingerprint density at radius 3 is 2.80 bits per heavy atom. The third kappa shape index (κ3) is 2.35. The molecule has 80 valence electrons. The fourth-order valence-corrected chi connectivity index (χ4v) is 2.71. The van der Waals surface area contributed by atoms with E-state index in [9.17, 15) is 8.42 Å². The number of hydrogen-bond donors (Lipinski definition) is 0. The molecule has 0 spiro atoms. The quantitative estimate of drug-likeness (QED) is 0.794. The van der Waals surface area contributed by atoms with E-state index in [-0.39, 0.29) is 0 Å². The maximum absolute atomic E-state index is 11.4. The average Bonchev–Trinajstić information content (AvgIpc) is 2.69. The zero-order valence-electron chi connectivity index (χ0n) is 8.25. The Labute approximate surface area is 93.7 Å². The molecule has 0 atom stereocenters. The molecule has 0 N–H and O–H groups in total. The third-order valence-corrected chi connectivity index (χ3v) is 3.98. The lowest BCUT2D eigenvalue weighted by atomic mass is 10.3. The maximum Gasteiger partial charge on any atom is 0.175 e. The lowest BCUT2D eigenvalue weighted by Gasteiger charge is -2.15. The molecule has 0 bridgehead atoms. The average molecular weight is 241 g/mol. The Morgan fingerprint density at radius 1 is 1.40 bits per heavy atom. The molecule has 1 heterocycles. The number of anilines is 1. The molecule has 1 aromatic rings. The van der Waals surface area contributed by atoms with Crippen LogP contribution in [0.3, 0.4) is 0 Å². The van der Waals surface area contributed by atoms with Crippen LogP contribution < -0.4 is 4.90 Å². The molecule has 0 saturated carbocycles. The van der Waals surface area contributed by atoms with Gasteiger partial charge in [-0.1, -0.05) is 6.07 Å².